The van der Waals surface area contributed by atoms with Crippen molar-refractivity contribution in [1.29, 1.82) is 0 Å². The van der Waals surface area contributed by atoms with Crippen molar-refractivity contribution in [3.8, 4) is 0 Å². The van der Waals surface area contributed by atoms with E-state index in [2.05, 4.69) is 21.2 Å². The maximum Gasteiger partial charge on any atom is 0.258 e. The van der Waals surface area contributed by atoms with Crippen LogP contribution in [0.5, 0.6) is 0 Å². The third-order valence-electron chi connectivity index (χ3n) is 3.02. The molecule has 2 rings (SSSR count). The molecule has 19 heavy (non-hydrogen) atoms. The second kappa shape index (κ2) is 6.68. The molecule has 1 aliphatic rings. The minimum atomic E-state index is -0.479. The Kier molecular flexibility index (Phi) is 5.77. The van der Waals surface area contributed by atoms with Gasteiger partial charge in [0.2, 0.25) is 0 Å². The smallest absolute Gasteiger partial charge is 0.258 e. The van der Waals surface area contributed by atoms with Gasteiger partial charge in [-0.15, -0.1) is 12.4 Å². The van der Waals surface area contributed by atoms with E-state index in [1.54, 1.807) is 17.0 Å². The first-order valence-corrected chi connectivity index (χ1v) is 6.77. The highest BCUT2D eigenvalue weighted by atomic mass is 79.9. The van der Waals surface area contributed by atoms with E-state index < -0.39 is 5.82 Å². The van der Waals surface area contributed by atoms with Crippen molar-refractivity contribution in [3.05, 3.63) is 34.1 Å². The monoisotopic (exact) mass is 350 g/mol. The summed E-state index contributed by atoms with van der Waals surface area (Å²) in [6, 6.07) is 5.03. The third kappa shape index (κ3) is 3.68. The second-order valence-electron chi connectivity index (χ2n) is 4.78. The Bertz CT molecular complexity index is 442. The Morgan fingerprint density at radius 1 is 1.37 bits per heavy atom. The van der Waals surface area contributed by atoms with Crippen LogP contribution in [-0.2, 0) is 0 Å². The van der Waals surface area contributed by atoms with Gasteiger partial charge in [-0.3, -0.25) is 4.79 Å². The molecule has 0 bridgehead atoms. The van der Waals surface area contributed by atoms with Gasteiger partial charge < -0.3 is 10.2 Å². The number of rotatable bonds is 1. The van der Waals surface area contributed by atoms with Crippen LogP contribution in [0.3, 0.4) is 0 Å². The molecule has 0 radical (unpaired) electrons. The quantitative estimate of drug-likeness (QED) is 0.844. The molecule has 3 nitrogen and oxygen atoms in total. The fourth-order valence-electron chi connectivity index (χ4n) is 2.35. The molecule has 106 valence electrons. The van der Waals surface area contributed by atoms with Crippen LogP contribution in [0.1, 0.15) is 24.2 Å². The number of carbonyl (C=O) groups is 1. The molecule has 0 aliphatic carbocycles. The lowest BCUT2D eigenvalue weighted by Gasteiger charge is -2.36. The van der Waals surface area contributed by atoms with E-state index in [9.17, 15) is 9.18 Å². The maximum absolute atomic E-state index is 13.8. The number of carbonyl (C=O) groups excluding carboxylic acids is 1. The van der Waals surface area contributed by atoms with Crippen molar-refractivity contribution in [3.63, 3.8) is 0 Å². The van der Waals surface area contributed by atoms with Crippen LogP contribution in [0, 0.1) is 5.82 Å². The molecule has 1 saturated heterocycles. The summed E-state index contributed by atoms with van der Waals surface area (Å²) in [5.74, 6) is -0.728. The Labute approximate surface area is 127 Å². The molecule has 2 unspecified atom stereocenters. The van der Waals surface area contributed by atoms with Crippen LogP contribution in [0.25, 0.3) is 0 Å². The highest BCUT2D eigenvalue weighted by Crippen LogP contribution is 2.22. The average molecular weight is 352 g/mol. The first-order chi connectivity index (χ1) is 8.49. The van der Waals surface area contributed by atoms with Crippen molar-refractivity contribution in [2.45, 2.75) is 25.9 Å². The summed E-state index contributed by atoms with van der Waals surface area (Å²) in [5, 5.41) is 3.35. The number of piperazine rings is 1. The van der Waals surface area contributed by atoms with Gasteiger partial charge in [-0.1, -0.05) is 6.07 Å². The Hall–Kier alpha value is -0.650. The zero-order chi connectivity index (χ0) is 13.3. The van der Waals surface area contributed by atoms with Crippen LogP contribution in [0.15, 0.2) is 22.7 Å². The van der Waals surface area contributed by atoms with E-state index in [1.807, 2.05) is 13.8 Å². The van der Waals surface area contributed by atoms with Gasteiger partial charge in [0.1, 0.15) is 5.82 Å². The topological polar surface area (TPSA) is 32.3 Å². The molecule has 1 aromatic carbocycles. The zero-order valence-corrected chi connectivity index (χ0v) is 13.2. The molecule has 1 aliphatic heterocycles. The number of hydrogen-bond acceptors (Lipinski definition) is 2. The maximum atomic E-state index is 13.8. The lowest BCUT2D eigenvalue weighted by Crippen LogP contribution is -2.56. The van der Waals surface area contributed by atoms with Crippen LogP contribution < -0.4 is 5.32 Å². The van der Waals surface area contributed by atoms with Gasteiger partial charge in [0.15, 0.2) is 0 Å². The molecule has 1 N–H and O–H groups in total. The Morgan fingerprint density at radius 2 is 1.95 bits per heavy atom. The molecule has 1 heterocycles. The van der Waals surface area contributed by atoms with E-state index in [0.29, 0.717) is 17.6 Å². The summed E-state index contributed by atoms with van der Waals surface area (Å²) in [6.45, 7) is 5.24. The fourth-order valence-corrected chi connectivity index (χ4v) is 2.86. The molecular formula is C13H17BrClFN2O. The van der Waals surface area contributed by atoms with Gasteiger partial charge >= 0.3 is 0 Å². The average Bonchev–Trinajstić information content (AvgIpc) is 2.27. The minimum Gasteiger partial charge on any atom is -0.335 e. The van der Waals surface area contributed by atoms with Crippen molar-refractivity contribution in [2.24, 2.45) is 0 Å². The van der Waals surface area contributed by atoms with Gasteiger partial charge in [-0.05, 0) is 41.9 Å². The first-order valence-electron chi connectivity index (χ1n) is 5.98. The summed E-state index contributed by atoms with van der Waals surface area (Å²) in [6.07, 6.45) is 0. The second-order valence-corrected chi connectivity index (χ2v) is 5.63. The van der Waals surface area contributed by atoms with Crippen molar-refractivity contribution >= 4 is 34.2 Å². The summed E-state index contributed by atoms with van der Waals surface area (Å²) in [5.41, 5.74) is 0.124. The predicted molar refractivity (Wildman–Crippen MR) is 79.3 cm³/mol. The lowest BCUT2D eigenvalue weighted by atomic mass is 10.1. The number of amides is 1. The zero-order valence-electron chi connectivity index (χ0n) is 10.8. The van der Waals surface area contributed by atoms with Gasteiger partial charge in [-0.25, -0.2) is 4.39 Å². The summed E-state index contributed by atoms with van der Waals surface area (Å²) in [7, 11) is 0. The van der Waals surface area contributed by atoms with Crippen LogP contribution in [0.2, 0.25) is 0 Å². The third-order valence-corrected chi connectivity index (χ3v) is 3.68. The molecule has 0 saturated carbocycles. The lowest BCUT2D eigenvalue weighted by molar-refractivity contribution is 0.0668. The highest BCUT2D eigenvalue weighted by Gasteiger charge is 2.28. The molecule has 0 spiro atoms. The SMILES string of the molecule is CC1CN(C(=O)c2c(F)cccc2Br)CC(C)N1.Cl. The predicted octanol–water partition coefficient (Wildman–Crippen LogP) is 2.83. The van der Waals surface area contributed by atoms with Crippen molar-refractivity contribution < 1.29 is 9.18 Å². The van der Waals surface area contributed by atoms with Gasteiger partial charge in [0, 0.05) is 29.6 Å². The molecule has 2 atom stereocenters. The van der Waals surface area contributed by atoms with E-state index in [4.69, 9.17) is 0 Å². The normalized spacial score (nSPS) is 22.8. The first kappa shape index (κ1) is 16.4. The Balaban J connectivity index is 0.00000180. The van der Waals surface area contributed by atoms with E-state index >= 15 is 0 Å². The summed E-state index contributed by atoms with van der Waals surface area (Å²) >= 11 is 3.24. The number of nitrogens with zero attached hydrogens (tertiary/aromatic N) is 1. The number of halogens is 3. The highest BCUT2D eigenvalue weighted by molar-refractivity contribution is 9.10. The molecule has 1 aromatic rings. The van der Waals surface area contributed by atoms with Gasteiger partial charge in [0.25, 0.3) is 5.91 Å². The van der Waals surface area contributed by atoms with E-state index in [1.165, 1.54) is 6.07 Å². The van der Waals surface area contributed by atoms with Crippen molar-refractivity contribution in [1.82, 2.24) is 10.2 Å². The molecular weight excluding hydrogens is 335 g/mol. The Morgan fingerprint density at radius 3 is 2.47 bits per heavy atom. The number of hydrogen-bond donors (Lipinski definition) is 1. The summed E-state index contributed by atoms with van der Waals surface area (Å²) < 4.78 is 14.3. The van der Waals surface area contributed by atoms with E-state index in [0.717, 1.165) is 0 Å². The largest absolute Gasteiger partial charge is 0.335 e. The minimum absolute atomic E-state index is 0. The van der Waals surface area contributed by atoms with E-state index in [-0.39, 0.29) is 36.0 Å². The molecule has 1 fully saturated rings. The van der Waals surface area contributed by atoms with Gasteiger partial charge in [0.05, 0.1) is 5.56 Å². The number of nitrogens with one attached hydrogen (secondary N) is 1. The van der Waals surface area contributed by atoms with Crippen molar-refractivity contribution in [2.75, 3.05) is 13.1 Å². The fraction of sp³-hybridized carbons (Fsp3) is 0.462. The molecule has 1 amide bonds. The van der Waals surface area contributed by atoms with Crippen LogP contribution in [-0.4, -0.2) is 36.0 Å². The van der Waals surface area contributed by atoms with Crippen LogP contribution >= 0.6 is 28.3 Å². The van der Waals surface area contributed by atoms with Crippen LogP contribution in [0.4, 0.5) is 4.39 Å². The molecule has 0 aromatic heterocycles. The molecule has 6 heteroatoms. The standard InChI is InChI=1S/C13H16BrFN2O.ClH/c1-8-6-17(7-9(2)16-8)13(18)12-10(14)4-3-5-11(12)15;/h3-5,8-9,16H,6-7H2,1-2H3;1H. The van der Waals surface area contributed by atoms with Gasteiger partial charge in [-0.2, -0.15) is 0 Å². The summed E-state index contributed by atoms with van der Waals surface area (Å²) in [4.78, 5) is 14.1. The number of benzene rings is 1.